The maximum absolute atomic E-state index is 12.8. The number of amides is 2. The molecule has 1 aliphatic heterocycles. The fraction of sp³-hybridized carbons (Fsp3) is 0.227. The van der Waals surface area contributed by atoms with Crippen molar-refractivity contribution in [2.75, 3.05) is 4.90 Å². The van der Waals surface area contributed by atoms with Crippen molar-refractivity contribution in [1.29, 1.82) is 0 Å². The highest BCUT2D eigenvalue weighted by Crippen LogP contribution is 2.53. The first-order valence-electron chi connectivity index (χ1n) is 9.57. The molecule has 0 N–H and O–H groups in total. The van der Waals surface area contributed by atoms with Crippen LogP contribution < -0.4 is 9.64 Å². The second-order valence-electron chi connectivity index (χ2n) is 7.70. The number of imide groups is 1. The number of anilines is 1. The number of rotatable bonds is 4. The van der Waals surface area contributed by atoms with E-state index in [9.17, 15) is 24.5 Å². The summed E-state index contributed by atoms with van der Waals surface area (Å²) >= 11 is 0. The molecule has 3 aliphatic rings. The van der Waals surface area contributed by atoms with Gasteiger partial charge in [-0.25, -0.2) is 4.79 Å². The summed E-state index contributed by atoms with van der Waals surface area (Å²) in [5.41, 5.74) is 0.503. The van der Waals surface area contributed by atoms with Gasteiger partial charge >= 0.3 is 5.97 Å². The van der Waals surface area contributed by atoms with Gasteiger partial charge in [0.2, 0.25) is 11.8 Å². The second-order valence-corrected chi connectivity index (χ2v) is 7.70. The number of hydrogen-bond acceptors (Lipinski definition) is 6. The molecule has 0 radical (unpaired) electrons. The number of allylic oxidation sites excluding steroid dienone is 2. The zero-order valence-electron chi connectivity index (χ0n) is 15.6. The lowest BCUT2D eigenvalue weighted by Crippen LogP contribution is -2.32. The van der Waals surface area contributed by atoms with Crippen LogP contribution in [-0.4, -0.2) is 22.7 Å². The molecule has 5 rings (SSSR count). The lowest BCUT2D eigenvalue weighted by atomic mass is 9.85. The Hall–Kier alpha value is -3.81. The van der Waals surface area contributed by atoms with Gasteiger partial charge in [0, 0.05) is 12.1 Å². The molecule has 2 aromatic carbocycles. The fourth-order valence-electron chi connectivity index (χ4n) is 4.71. The minimum absolute atomic E-state index is 0.121. The first-order valence-corrected chi connectivity index (χ1v) is 9.57. The molecule has 4 atom stereocenters. The van der Waals surface area contributed by atoms with Crippen LogP contribution in [0.4, 0.5) is 11.4 Å². The Morgan fingerprint density at radius 1 is 0.933 bits per heavy atom. The largest absolute Gasteiger partial charge is 0.423 e. The summed E-state index contributed by atoms with van der Waals surface area (Å²) in [6.07, 6.45) is 4.96. The van der Waals surface area contributed by atoms with Crippen LogP contribution in [-0.2, 0) is 9.59 Å². The van der Waals surface area contributed by atoms with Crippen molar-refractivity contribution in [3.63, 3.8) is 0 Å². The highest BCUT2D eigenvalue weighted by Gasteiger charge is 2.59. The van der Waals surface area contributed by atoms with Crippen molar-refractivity contribution >= 4 is 29.2 Å². The summed E-state index contributed by atoms with van der Waals surface area (Å²) in [6, 6.07) is 11.3. The Balaban J connectivity index is 1.30. The predicted octanol–water partition coefficient (Wildman–Crippen LogP) is 3.13. The first kappa shape index (κ1) is 18.2. The molecule has 8 heteroatoms. The monoisotopic (exact) mass is 404 g/mol. The minimum Gasteiger partial charge on any atom is -0.423 e. The molecule has 150 valence electrons. The Morgan fingerprint density at radius 2 is 1.50 bits per heavy atom. The van der Waals surface area contributed by atoms with Crippen LogP contribution in [0.3, 0.4) is 0 Å². The van der Waals surface area contributed by atoms with E-state index in [0.29, 0.717) is 5.69 Å². The smallest absolute Gasteiger partial charge is 0.343 e. The zero-order chi connectivity index (χ0) is 21.0. The van der Waals surface area contributed by atoms with Crippen molar-refractivity contribution in [3.05, 3.63) is 76.4 Å². The average molecular weight is 404 g/mol. The van der Waals surface area contributed by atoms with E-state index in [0.717, 1.165) is 6.42 Å². The minimum atomic E-state index is -0.664. The highest BCUT2D eigenvalue weighted by atomic mass is 16.6. The summed E-state index contributed by atoms with van der Waals surface area (Å²) in [6.45, 7) is 0. The molecule has 8 nitrogen and oxygen atoms in total. The van der Waals surface area contributed by atoms with Crippen LogP contribution in [0, 0.1) is 33.8 Å². The fourth-order valence-corrected chi connectivity index (χ4v) is 4.71. The van der Waals surface area contributed by atoms with Gasteiger partial charge < -0.3 is 4.74 Å². The predicted molar refractivity (Wildman–Crippen MR) is 105 cm³/mol. The molecule has 2 fully saturated rings. The molecule has 2 aromatic rings. The van der Waals surface area contributed by atoms with Crippen LogP contribution in [0.2, 0.25) is 0 Å². The Kier molecular flexibility index (Phi) is 4.02. The van der Waals surface area contributed by atoms with Gasteiger partial charge in [-0.15, -0.1) is 0 Å². The van der Waals surface area contributed by atoms with Gasteiger partial charge in [0.1, 0.15) is 5.75 Å². The van der Waals surface area contributed by atoms with Crippen molar-refractivity contribution in [2.24, 2.45) is 23.7 Å². The maximum atomic E-state index is 12.8. The molecule has 4 unspecified atom stereocenters. The molecular weight excluding hydrogens is 388 g/mol. The van der Waals surface area contributed by atoms with E-state index in [4.69, 9.17) is 4.74 Å². The average Bonchev–Trinajstić information content (AvgIpc) is 3.43. The van der Waals surface area contributed by atoms with Crippen LogP contribution >= 0.6 is 0 Å². The third-order valence-electron chi connectivity index (χ3n) is 6.09. The van der Waals surface area contributed by atoms with Gasteiger partial charge in [0.05, 0.1) is 28.0 Å². The molecule has 1 heterocycles. The van der Waals surface area contributed by atoms with Gasteiger partial charge in [0.25, 0.3) is 5.69 Å². The summed E-state index contributed by atoms with van der Waals surface area (Å²) in [7, 11) is 0. The number of benzene rings is 2. The number of fused-ring (bicyclic) bond motifs is 5. The number of hydrogen-bond donors (Lipinski definition) is 0. The Morgan fingerprint density at radius 3 is 2.03 bits per heavy atom. The molecule has 0 aromatic heterocycles. The zero-order valence-corrected chi connectivity index (χ0v) is 15.6. The van der Waals surface area contributed by atoms with Crippen LogP contribution in [0.15, 0.2) is 60.7 Å². The standard InChI is InChI=1S/C22H16N2O6/c25-20-18-13-1-2-14(11-13)19(18)21(26)23(20)15-7-9-17(10-8-15)30-22(27)12-3-5-16(6-4-12)24(28)29/h1-10,13-14,18-19H,11H2. The molecular formula is C22H16N2O6. The van der Waals surface area contributed by atoms with Gasteiger partial charge in [0.15, 0.2) is 0 Å². The van der Waals surface area contributed by atoms with Crippen LogP contribution in [0.1, 0.15) is 16.8 Å². The van der Waals surface area contributed by atoms with Gasteiger partial charge in [-0.3, -0.25) is 24.6 Å². The van der Waals surface area contributed by atoms with E-state index >= 15 is 0 Å². The lowest BCUT2D eigenvalue weighted by molar-refractivity contribution is -0.384. The molecule has 1 saturated heterocycles. The summed E-state index contributed by atoms with van der Waals surface area (Å²) in [4.78, 5) is 49.3. The number of ether oxygens (including phenoxy) is 1. The summed E-state index contributed by atoms with van der Waals surface area (Å²) in [5, 5.41) is 10.7. The van der Waals surface area contributed by atoms with Crippen LogP contribution in [0.25, 0.3) is 0 Å². The lowest BCUT2D eigenvalue weighted by Gasteiger charge is -2.17. The molecule has 2 amide bonds. The van der Waals surface area contributed by atoms with E-state index in [-0.39, 0.29) is 52.5 Å². The Bertz CT molecular complexity index is 1080. The van der Waals surface area contributed by atoms with E-state index in [1.54, 1.807) is 12.1 Å². The quantitative estimate of drug-likeness (QED) is 0.194. The van der Waals surface area contributed by atoms with Gasteiger partial charge in [-0.05, 0) is 54.7 Å². The highest BCUT2D eigenvalue weighted by molar-refractivity contribution is 6.22. The van der Waals surface area contributed by atoms with Crippen molar-refractivity contribution in [3.8, 4) is 5.75 Å². The van der Waals surface area contributed by atoms with E-state index in [1.165, 1.54) is 41.3 Å². The van der Waals surface area contributed by atoms with Crippen molar-refractivity contribution < 1.29 is 24.0 Å². The number of carbonyl (C=O) groups is 3. The summed E-state index contributed by atoms with van der Waals surface area (Å²) in [5.74, 6) is -1.02. The third kappa shape index (κ3) is 2.72. The number of nitro benzene ring substituents is 1. The molecule has 2 aliphatic carbocycles. The molecule has 1 saturated carbocycles. The van der Waals surface area contributed by atoms with Crippen molar-refractivity contribution in [1.82, 2.24) is 0 Å². The number of esters is 1. The summed E-state index contributed by atoms with van der Waals surface area (Å²) < 4.78 is 5.28. The van der Waals surface area contributed by atoms with E-state index in [1.807, 2.05) is 12.2 Å². The molecule has 30 heavy (non-hydrogen) atoms. The van der Waals surface area contributed by atoms with Crippen LogP contribution in [0.5, 0.6) is 5.75 Å². The van der Waals surface area contributed by atoms with Crippen molar-refractivity contribution in [2.45, 2.75) is 6.42 Å². The second kappa shape index (κ2) is 6.62. The SMILES string of the molecule is O=C(Oc1ccc(N2C(=O)C3C4C=CC(C4)C3C2=O)cc1)c1ccc([N+](=O)[O-])cc1. The number of nitro groups is 1. The molecule has 0 spiro atoms. The number of carbonyl (C=O) groups excluding carboxylic acids is 3. The van der Waals surface area contributed by atoms with E-state index < -0.39 is 10.9 Å². The topological polar surface area (TPSA) is 107 Å². The van der Waals surface area contributed by atoms with Gasteiger partial charge in [-0.1, -0.05) is 12.2 Å². The van der Waals surface area contributed by atoms with Gasteiger partial charge in [-0.2, -0.15) is 0 Å². The van der Waals surface area contributed by atoms with E-state index in [2.05, 4.69) is 0 Å². The molecule has 2 bridgehead atoms. The first-order chi connectivity index (χ1) is 14.4. The number of nitrogens with zero attached hydrogens (tertiary/aromatic N) is 2. The number of non-ortho nitro benzene ring substituents is 1. The maximum Gasteiger partial charge on any atom is 0.343 e. The third-order valence-corrected chi connectivity index (χ3v) is 6.09. The normalized spacial score (nSPS) is 26.2. The Labute approximate surface area is 170 Å².